The maximum absolute atomic E-state index is 13.2. The fraction of sp³-hybridized carbons (Fsp3) is 0.0909. The number of alkyl halides is 2. The van der Waals surface area contributed by atoms with Crippen molar-refractivity contribution in [1.82, 2.24) is 9.97 Å². The van der Waals surface area contributed by atoms with Crippen molar-refractivity contribution in [2.45, 2.75) is 6.61 Å². The first-order chi connectivity index (χ1) is 8.65. The Morgan fingerprint density at radius 3 is 2.50 bits per heavy atom. The third kappa shape index (κ3) is 3.09. The van der Waals surface area contributed by atoms with E-state index in [-0.39, 0.29) is 11.6 Å². The lowest BCUT2D eigenvalue weighted by molar-refractivity contribution is -0.0498. The smallest absolute Gasteiger partial charge is 0.387 e. The molecule has 1 N–H and O–H groups in total. The number of ether oxygens (including phenoxy) is 1. The lowest BCUT2D eigenvalue weighted by Crippen LogP contribution is -2.02. The lowest BCUT2D eigenvalue weighted by Gasteiger charge is -2.07. The first-order valence-corrected chi connectivity index (χ1v) is 4.92. The Bertz CT molecular complexity index is 519. The molecule has 1 aromatic carbocycles. The van der Waals surface area contributed by atoms with Crippen LogP contribution in [0.2, 0.25) is 0 Å². The zero-order valence-corrected chi connectivity index (χ0v) is 8.98. The third-order valence-electron chi connectivity index (χ3n) is 2.01. The molecular formula is C11H8F3N3O. The van der Waals surface area contributed by atoms with Crippen LogP contribution in [0.1, 0.15) is 0 Å². The van der Waals surface area contributed by atoms with E-state index in [1.54, 1.807) is 0 Å². The molecule has 0 fully saturated rings. The van der Waals surface area contributed by atoms with Gasteiger partial charge in [-0.2, -0.15) is 8.78 Å². The molecule has 2 aromatic rings. The molecule has 0 spiro atoms. The molecule has 0 unspecified atom stereocenters. The van der Waals surface area contributed by atoms with Gasteiger partial charge in [0.25, 0.3) is 0 Å². The van der Waals surface area contributed by atoms with E-state index in [9.17, 15) is 13.2 Å². The fourth-order valence-electron chi connectivity index (χ4n) is 1.26. The van der Waals surface area contributed by atoms with Crippen LogP contribution < -0.4 is 10.1 Å². The number of rotatable bonds is 4. The summed E-state index contributed by atoms with van der Waals surface area (Å²) in [6.07, 6.45) is 2.21. The number of nitrogens with zero attached hydrogens (tertiary/aromatic N) is 2. The van der Waals surface area contributed by atoms with E-state index in [1.165, 1.54) is 30.6 Å². The van der Waals surface area contributed by atoms with Crippen LogP contribution in [-0.2, 0) is 0 Å². The van der Waals surface area contributed by atoms with E-state index in [2.05, 4.69) is 20.0 Å². The van der Waals surface area contributed by atoms with Gasteiger partial charge in [0.15, 0.2) is 11.6 Å². The summed E-state index contributed by atoms with van der Waals surface area (Å²) in [5.41, 5.74) is 0.495. The minimum Gasteiger partial charge on any atom is -0.435 e. The van der Waals surface area contributed by atoms with Crippen molar-refractivity contribution in [2.75, 3.05) is 5.32 Å². The molecule has 7 heteroatoms. The molecule has 18 heavy (non-hydrogen) atoms. The minimum absolute atomic E-state index is 0.00697. The highest BCUT2D eigenvalue weighted by Crippen LogP contribution is 2.21. The van der Waals surface area contributed by atoms with E-state index in [0.717, 1.165) is 6.20 Å². The molecule has 94 valence electrons. The van der Waals surface area contributed by atoms with Crippen LogP contribution in [0.5, 0.6) is 5.75 Å². The Morgan fingerprint density at radius 1 is 1.17 bits per heavy atom. The maximum atomic E-state index is 13.2. The molecule has 4 nitrogen and oxygen atoms in total. The molecule has 0 saturated carbocycles. The summed E-state index contributed by atoms with van der Waals surface area (Å²) in [5.74, 6) is -0.573. The second kappa shape index (κ2) is 5.35. The van der Waals surface area contributed by atoms with E-state index in [0.29, 0.717) is 5.69 Å². The van der Waals surface area contributed by atoms with E-state index < -0.39 is 12.4 Å². The van der Waals surface area contributed by atoms with Crippen LogP contribution in [-0.4, -0.2) is 16.6 Å². The monoisotopic (exact) mass is 255 g/mol. The van der Waals surface area contributed by atoms with Crippen LogP contribution in [0.4, 0.5) is 24.7 Å². The summed E-state index contributed by atoms with van der Waals surface area (Å²) >= 11 is 0. The number of nitrogens with one attached hydrogen (secondary N) is 1. The Balaban J connectivity index is 2.09. The fourth-order valence-corrected chi connectivity index (χ4v) is 1.26. The van der Waals surface area contributed by atoms with Gasteiger partial charge in [-0.3, -0.25) is 0 Å². The van der Waals surface area contributed by atoms with Gasteiger partial charge in [0.2, 0.25) is 0 Å². The van der Waals surface area contributed by atoms with Crippen molar-refractivity contribution in [1.29, 1.82) is 0 Å². The minimum atomic E-state index is -2.87. The zero-order chi connectivity index (χ0) is 13.0. The number of anilines is 2. The average molecular weight is 255 g/mol. The molecule has 2 rings (SSSR count). The third-order valence-corrected chi connectivity index (χ3v) is 2.01. The van der Waals surface area contributed by atoms with E-state index >= 15 is 0 Å². The number of benzene rings is 1. The van der Waals surface area contributed by atoms with Crippen molar-refractivity contribution in [2.24, 2.45) is 0 Å². The number of hydrogen-bond donors (Lipinski definition) is 1. The molecule has 0 radical (unpaired) electrons. The first-order valence-electron chi connectivity index (χ1n) is 4.92. The number of hydrogen-bond acceptors (Lipinski definition) is 4. The Labute approximate surface area is 100 Å². The summed E-state index contributed by atoms with van der Waals surface area (Å²) in [7, 11) is 0. The van der Waals surface area contributed by atoms with Gasteiger partial charge >= 0.3 is 6.61 Å². The standard InChI is InChI=1S/C11H8F3N3O/c12-9-5-15-6-16-10(9)17-7-1-3-8(4-2-7)18-11(13)14/h1-6,11H,(H,15,16,17). The second-order valence-corrected chi connectivity index (χ2v) is 3.25. The van der Waals surface area contributed by atoms with E-state index in [4.69, 9.17) is 0 Å². The van der Waals surface area contributed by atoms with Crippen LogP contribution in [0.25, 0.3) is 0 Å². The highest BCUT2D eigenvalue weighted by molar-refractivity contribution is 5.57. The van der Waals surface area contributed by atoms with Crippen LogP contribution in [0.3, 0.4) is 0 Å². The van der Waals surface area contributed by atoms with Crippen LogP contribution in [0.15, 0.2) is 36.8 Å². The molecule has 0 aliphatic rings. The van der Waals surface area contributed by atoms with Crippen molar-refractivity contribution >= 4 is 11.5 Å². The van der Waals surface area contributed by atoms with Crippen molar-refractivity contribution in [3.8, 4) is 5.75 Å². The maximum Gasteiger partial charge on any atom is 0.387 e. The molecule has 0 amide bonds. The molecule has 0 bridgehead atoms. The van der Waals surface area contributed by atoms with Gasteiger partial charge < -0.3 is 10.1 Å². The van der Waals surface area contributed by atoms with Crippen LogP contribution in [0, 0.1) is 5.82 Å². The first kappa shape index (κ1) is 12.2. The Kier molecular flexibility index (Phi) is 3.61. The summed E-state index contributed by atoms with van der Waals surface area (Å²) in [6, 6.07) is 5.62. The lowest BCUT2D eigenvalue weighted by atomic mass is 10.3. The summed E-state index contributed by atoms with van der Waals surface area (Å²) < 4.78 is 41.2. The van der Waals surface area contributed by atoms with Gasteiger partial charge in [-0.05, 0) is 24.3 Å². The molecule has 1 aromatic heterocycles. The van der Waals surface area contributed by atoms with Crippen LogP contribution >= 0.6 is 0 Å². The summed E-state index contributed by atoms with van der Waals surface area (Å²) in [5, 5.41) is 2.68. The van der Waals surface area contributed by atoms with Gasteiger partial charge in [0.05, 0.1) is 6.20 Å². The normalized spacial score (nSPS) is 10.4. The largest absolute Gasteiger partial charge is 0.435 e. The van der Waals surface area contributed by atoms with Gasteiger partial charge in [0, 0.05) is 5.69 Å². The predicted molar refractivity (Wildman–Crippen MR) is 58.3 cm³/mol. The number of aromatic nitrogens is 2. The quantitative estimate of drug-likeness (QED) is 0.912. The predicted octanol–water partition coefficient (Wildman–Crippen LogP) is 2.96. The Morgan fingerprint density at radius 2 is 1.89 bits per heavy atom. The van der Waals surface area contributed by atoms with Gasteiger partial charge in [0.1, 0.15) is 12.1 Å². The molecular weight excluding hydrogens is 247 g/mol. The molecule has 0 atom stereocenters. The average Bonchev–Trinajstić information content (AvgIpc) is 2.34. The second-order valence-electron chi connectivity index (χ2n) is 3.25. The van der Waals surface area contributed by atoms with E-state index in [1.807, 2.05) is 0 Å². The van der Waals surface area contributed by atoms with Crippen molar-refractivity contribution in [3.05, 3.63) is 42.6 Å². The molecule has 1 heterocycles. The molecule has 0 saturated heterocycles. The topological polar surface area (TPSA) is 47.0 Å². The highest BCUT2D eigenvalue weighted by atomic mass is 19.3. The molecule has 0 aliphatic carbocycles. The summed E-state index contributed by atoms with van der Waals surface area (Å²) in [4.78, 5) is 7.20. The van der Waals surface area contributed by atoms with Gasteiger partial charge in [-0.25, -0.2) is 14.4 Å². The SMILES string of the molecule is Fc1cncnc1Nc1ccc(OC(F)F)cc1. The zero-order valence-electron chi connectivity index (χ0n) is 8.98. The van der Waals surface area contributed by atoms with Crippen molar-refractivity contribution in [3.63, 3.8) is 0 Å². The highest BCUT2D eigenvalue weighted by Gasteiger charge is 2.05. The van der Waals surface area contributed by atoms with Gasteiger partial charge in [-0.15, -0.1) is 0 Å². The number of halogens is 3. The summed E-state index contributed by atoms with van der Waals surface area (Å²) in [6.45, 7) is -2.87. The molecule has 0 aliphatic heterocycles. The Hall–Kier alpha value is -2.31. The van der Waals surface area contributed by atoms with Crippen molar-refractivity contribution < 1.29 is 17.9 Å². The van der Waals surface area contributed by atoms with Gasteiger partial charge in [-0.1, -0.05) is 0 Å².